The van der Waals surface area contributed by atoms with E-state index in [1.807, 2.05) is 6.92 Å². The highest BCUT2D eigenvalue weighted by Gasteiger charge is 2.04. The number of phenols is 1. The number of phenolic OH excluding ortho intramolecular Hbond substituents is 1. The van der Waals surface area contributed by atoms with Crippen molar-refractivity contribution in [2.45, 2.75) is 13.3 Å². The molecule has 0 aliphatic carbocycles. The molecule has 60 valence electrons. The maximum Gasteiger partial charge on any atom is 0.120 e. The molecule has 0 amide bonds. The Morgan fingerprint density at radius 2 is 2.00 bits per heavy atom. The molecular formula is C8H8I2O. The lowest BCUT2D eigenvalue weighted by atomic mass is 10.1. The van der Waals surface area contributed by atoms with Crippen LogP contribution in [-0.2, 0) is 6.42 Å². The SMILES string of the molecule is CCc1c(O)cc(I)cc1I. The van der Waals surface area contributed by atoms with Gasteiger partial charge in [0.25, 0.3) is 0 Å². The topological polar surface area (TPSA) is 20.2 Å². The Balaban J connectivity index is 3.25. The Morgan fingerprint density at radius 3 is 2.45 bits per heavy atom. The molecule has 1 nitrogen and oxygen atoms in total. The van der Waals surface area contributed by atoms with Gasteiger partial charge in [0.15, 0.2) is 0 Å². The number of aromatic hydroxyl groups is 1. The molecule has 0 atom stereocenters. The van der Waals surface area contributed by atoms with Crippen molar-refractivity contribution in [2.75, 3.05) is 0 Å². The van der Waals surface area contributed by atoms with Gasteiger partial charge in [-0.05, 0) is 63.7 Å². The molecule has 1 aromatic carbocycles. The lowest BCUT2D eigenvalue weighted by molar-refractivity contribution is 0.468. The smallest absolute Gasteiger partial charge is 0.120 e. The predicted octanol–water partition coefficient (Wildman–Crippen LogP) is 3.16. The maximum atomic E-state index is 9.46. The molecular weight excluding hydrogens is 366 g/mol. The monoisotopic (exact) mass is 374 g/mol. The van der Waals surface area contributed by atoms with Crippen molar-refractivity contribution in [1.82, 2.24) is 0 Å². The third kappa shape index (κ3) is 2.21. The normalized spacial score (nSPS) is 10.1. The average molecular weight is 374 g/mol. The molecule has 0 bridgehead atoms. The average Bonchev–Trinajstić information content (AvgIpc) is 1.85. The molecule has 0 fully saturated rings. The van der Waals surface area contributed by atoms with E-state index in [1.54, 1.807) is 6.07 Å². The summed E-state index contributed by atoms with van der Waals surface area (Å²) < 4.78 is 2.23. The maximum absolute atomic E-state index is 9.46. The van der Waals surface area contributed by atoms with E-state index in [0.717, 1.165) is 19.1 Å². The van der Waals surface area contributed by atoms with E-state index in [0.29, 0.717) is 5.75 Å². The van der Waals surface area contributed by atoms with E-state index in [2.05, 4.69) is 51.2 Å². The summed E-state index contributed by atoms with van der Waals surface area (Å²) >= 11 is 4.45. The Hall–Kier alpha value is 0.480. The summed E-state index contributed by atoms with van der Waals surface area (Å²) in [5.41, 5.74) is 1.05. The zero-order valence-electron chi connectivity index (χ0n) is 6.06. The van der Waals surface area contributed by atoms with Crippen LogP contribution in [0.3, 0.4) is 0 Å². The molecule has 0 aromatic heterocycles. The van der Waals surface area contributed by atoms with E-state index < -0.39 is 0 Å². The number of halogens is 2. The molecule has 0 heterocycles. The molecule has 3 heteroatoms. The highest BCUT2D eigenvalue weighted by Crippen LogP contribution is 2.26. The van der Waals surface area contributed by atoms with Crippen LogP contribution in [0.15, 0.2) is 12.1 Å². The van der Waals surface area contributed by atoms with Crippen LogP contribution in [0.5, 0.6) is 5.75 Å². The first kappa shape index (κ1) is 9.57. The number of hydrogen-bond donors (Lipinski definition) is 1. The fraction of sp³-hybridized carbons (Fsp3) is 0.250. The molecule has 0 saturated heterocycles. The minimum Gasteiger partial charge on any atom is -0.508 e. The molecule has 0 spiro atoms. The summed E-state index contributed by atoms with van der Waals surface area (Å²) in [5, 5.41) is 9.46. The lowest BCUT2D eigenvalue weighted by Gasteiger charge is -2.04. The van der Waals surface area contributed by atoms with Crippen molar-refractivity contribution in [1.29, 1.82) is 0 Å². The molecule has 0 unspecified atom stereocenters. The molecule has 1 aromatic rings. The Labute approximate surface area is 93.5 Å². The fourth-order valence-corrected chi connectivity index (χ4v) is 3.14. The summed E-state index contributed by atoms with van der Waals surface area (Å²) in [6, 6.07) is 3.86. The molecule has 1 N–H and O–H groups in total. The second kappa shape index (κ2) is 3.93. The Bertz CT molecular complexity index is 248. The standard InChI is InChI=1S/C8H8I2O/c1-2-6-7(10)3-5(9)4-8(6)11/h3-4,11H,2H2,1H3. The van der Waals surface area contributed by atoms with Gasteiger partial charge in [-0.1, -0.05) is 6.92 Å². The van der Waals surface area contributed by atoms with Gasteiger partial charge in [0.1, 0.15) is 5.75 Å². The van der Waals surface area contributed by atoms with Crippen LogP contribution in [0.2, 0.25) is 0 Å². The highest BCUT2D eigenvalue weighted by atomic mass is 127. The van der Waals surface area contributed by atoms with Crippen molar-refractivity contribution >= 4 is 45.2 Å². The van der Waals surface area contributed by atoms with Gasteiger partial charge in [-0.15, -0.1) is 0 Å². The first-order chi connectivity index (χ1) is 5.15. The van der Waals surface area contributed by atoms with Crippen molar-refractivity contribution in [3.63, 3.8) is 0 Å². The summed E-state index contributed by atoms with van der Waals surface area (Å²) in [6.45, 7) is 2.05. The largest absolute Gasteiger partial charge is 0.508 e. The minimum atomic E-state index is 0.420. The number of benzene rings is 1. The van der Waals surface area contributed by atoms with Gasteiger partial charge in [-0.3, -0.25) is 0 Å². The van der Waals surface area contributed by atoms with Gasteiger partial charge in [0, 0.05) is 12.7 Å². The third-order valence-electron chi connectivity index (χ3n) is 1.49. The molecule has 0 radical (unpaired) electrons. The lowest BCUT2D eigenvalue weighted by Crippen LogP contribution is -1.87. The van der Waals surface area contributed by atoms with Crippen LogP contribution in [-0.4, -0.2) is 5.11 Å². The molecule has 11 heavy (non-hydrogen) atoms. The minimum absolute atomic E-state index is 0.420. The quantitative estimate of drug-likeness (QED) is 0.750. The van der Waals surface area contributed by atoms with E-state index >= 15 is 0 Å². The van der Waals surface area contributed by atoms with E-state index in [1.165, 1.54) is 0 Å². The molecule has 1 rings (SSSR count). The van der Waals surface area contributed by atoms with Gasteiger partial charge in [0.05, 0.1) is 0 Å². The van der Waals surface area contributed by atoms with Gasteiger partial charge < -0.3 is 5.11 Å². The number of hydrogen-bond acceptors (Lipinski definition) is 1. The number of rotatable bonds is 1. The van der Waals surface area contributed by atoms with Crippen molar-refractivity contribution in [3.8, 4) is 5.75 Å². The molecule has 0 aliphatic rings. The van der Waals surface area contributed by atoms with Crippen LogP contribution in [0.25, 0.3) is 0 Å². The summed E-state index contributed by atoms with van der Waals surface area (Å²) in [5.74, 6) is 0.420. The molecule has 0 aliphatic heterocycles. The summed E-state index contributed by atoms with van der Waals surface area (Å²) in [4.78, 5) is 0. The van der Waals surface area contributed by atoms with Crippen molar-refractivity contribution < 1.29 is 5.11 Å². The van der Waals surface area contributed by atoms with Crippen molar-refractivity contribution in [2.24, 2.45) is 0 Å². The second-order valence-electron chi connectivity index (χ2n) is 2.24. The third-order valence-corrected chi connectivity index (χ3v) is 3.08. The van der Waals surface area contributed by atoms with Gasteiger partial charge in [0.2, 0.25) is 0 Å². The highest BCUT2D eigenvalue weighted by molar-refractivity contribution is 14.1. The Morgan fingerprint density at radius 1 is 1.36 bits per heavy atom. The second-order valence-corrected chi connectivity index (χ2v) is 4.65. The molecule has 0 saturated carbocycles. The fourth-order valence-electron chi connectivity index (χ4n) is 0.940. The predicted molar refractivity (Wildman–Crippen MR) is 62.9 cm³/mol. The van der Waals surface area contributed by atoms with Gasteiger partial charge in [-0.2, -0.15) is 0 Å². The Kier molecular flexibility index (Phi) is 3.42. The van der Waals surface area contributed by atoms with E-state index in [4.69, 9.17) is 0 Å². The van der Waals surface area contributed by atoms with E-state index in [-0.39, 0.29) is 0 Å². The van der Waals surface area contributed by atoms with Gasteiger partial charge >= 0.3 is 0 Å². The van der Waals surface area contributed by atoms with Gasteiger partial charge in [-0.25, -0.2) is 0 Å². The zero-order chi connectivity index (χ0) is 8.43. The van der Waals surface area contributed by atoms with Crippen LogP contribution in [0, 0.1) is 7.14 Å². The summed E-state index contributed by atoms with van der Waals surface area (Å²) in [7, 11) is 0. The van der Waals surface area contributed by atoms with Crippen LogP contribution in [0.4, 0.5) is 0 Å². The first-order valence-electron chi connectivity index (χ1n) is 3.32. The van der Waals surface area contributed by atoms with Crippen LogP contribution >= 0.6 is 45.2 Å². The van der Waals surface area contributed by atoms with Crippen LogP contribution in [0.1, 0.15) is 12.5 Å². The van der Waals surface area contributed by atoms with E-state index in [9.17, 15) is 5.11 Å². The van der Waals surface area contributed by atoms with Crippen molar-refractivity contribution in [3.05, 3.63) is 24.8 Å². The summed E-state index contributed by atoms with van der Waals surface area (Å²) in [6.07, 6.45) is 0.890. The zero-order valence-corrected chi connectivity index (χ0v) is 10.4. The first-order valence-corrected chi connectivity index (χ1v) is 5.47. The van der Waals surface area contributed by atoms with Crippen LogP contribution < -0.4 is 0 Å².